The van der Waals surface area contributed by atoms with E-state index in [9.17, 15) is 5.11 Å². The number of hydrogen-bond donors (Lipinski definition) is 3. The highest BCUT2D eigenvalue weighted by molar-refractivity contribution is 5.22. The second kappa shape index (κ2) is 8.60. The van der Waals surface area contributed by atoms with Gasteiger partial charge < -0.3 is 20.6 Å². The molecule has 3 N–H and O–H groups in total. The van der Waals surface area contributed by atoms with E-state index < -0.39 is 5.60 Å². The van der Waals surface area contributed by atoms with Gasteiger partial charge in [0, 0.05) is 45.3 Å². The molecule has 2 fully saturated rings. The molecule has 0 radical (unpaired) electrons. The van der Waals surface area contributed by atoms with E-state index in [0.717, 1.165) is 52.1 Å². The van der Waals surface area contributed by atoms with Crippen LogP contribution < -0.4 is 10.6 Å². The number of piperidine rings is 1. The van der Waals surface area contributed by atoms with Gasteiger partial charge in [-0.15, -0.1) is 0 Å². The Balaban J connectivity index is 1.46. The molecule has 2 heterocycles. The maximum atomic E-state index is 10.8. The molecule has 2 saturated heterocycles. The van der Waals surface area contributed by atoms with Gasteiger partial charge in [0.1, 0.15) is 0 Å². The lowest BCUT2D eigenvalue weighted by molar-refractivity contribution is -0.0198. The number of aliphatic hydroxyl groups is 1. The van der Waals surface area contributed by atoms with E-state index in [1.54, 1.807) is 0 Å². The van der Waals surface area contributed by atoms with E-state index in [1.807, 2.05) is 0 Å². The zero-order valence-corrected chi connectivity index (χ0v) is 15.8. The van der Waals surface area contributed by atoms with Gasteiger partial charge in [0.15, 0.2) is 0 Å². The molecular formula is C20H34N4O. The minimum Gasteiger partial charge on any atom is -0.388 e. The van der Waals surface area contributed by atoms with E-state index >= 15 is 0 Å². The monoisotopic (exact) mass is 346 g/mol. The summed E-state index contributed by atoms with van der Waals surface area (Å²) in [5.41, 5.74) is 2.09. The molecule has 25 heavy (non-hydrogen) atoms. The van der Waals surface area contributed by atoms with Crippen LogP contribution in [0.25, 0.3) is 0 Å². The van der Waals surface area contributed by atoms with Crippen molar-refractivity contribution in [3.8, 4) is 0 Å². The number of nitrogens with zero attached hydrogens (tertiary/aromatic N) is 2. The van der Waals surface area contributed by atoms with E-state index in [0.29, 0.717) is 0 Å². The average Bonchev–Trinajstić information content (AvgIpc) is 2.63. The zero-order valence-electron chi connectivity index (χ0n) is 15.8. The van der Waals surface area contributed by atoms with Crippen molar-refractivity contribution in [1.82, 2.24) is 20.4 Å². The Labute approximate surface area is 152 Å². The molecule has 1 aromatic carbocycles. The van der Waals surface area contributed by atoms with Gasteiger partial charge in [0.25, 0.3) is 0 Å². The van der Waals surface area contributed by atoms with Crippen LogP contribution in [0.15, 0.2) is 24.3 Å². The fraction of sp³-hybridized carbons (Fsp3) is 0.700. The number of rotatable bonds is 6. The van der Waals surface area contributed by atoms with Crippen LogP contribution >= 0.6 is 0 Å². The molecule has 2 aliphatic heterocycles. The highest BCUT2D eigenvalue weighted by Crippen LogP contribution is 2.22. The molecule has 0 bridgehead atoms. The molecule has 1 aromatic rings. The van der Waals surface area contributed by atoms with Gasteiger partial charge in [0.2, 0.25) is 0 Å². The minimum absolute atomic E-state index is 0.111. The second-order valence-electron chi connectivity index (χ2n) is 7.85. The highest BCUT2D eigenvalue weighted by atomic mass is 16.3. The number of benzene rings is 1. The van der Waals surface area contributed by atoms with Crippen LogP contribution in [0, 0.1) is 0 Å². The van der Waals surface area contributed by atoms with Gasteiger partial charge in [0.05, 0.1) is 5.60 Å². The summed E-state index contributed by atoms with van der Waals surface area (Å²) in [7, 11) is 2.19. The molecule has 0 spiro atoms. The Hall–Kier alpha value is -0.980. The first-order valence-corrected chi connectivity index (χ1v) is 9.70. The predicted octanol–water partition coefficient (Wildman–Crippen LogP) is 1.03. The van der Waals surface area contributed by atoms with Crippen LogP contribution in [0.1, 0.15) is 30.9 Å². The SMILES string of the molecule is CC(NCc1ccc(CN2CCN(C)CC2)cc1)C1(O)CCNCC1. The van der Waals surface area contributed by atoms with E-state index in [4.69, 9.17) is 0 Å². The molecule has 0 aliphatic carbocycles. The van der Waals surface area contributed by atoms with E-state index in [-0.39, 0.29) is 6.04 Å². The van der Waals surface area contributed by atoms with Crippen LogP contribution in [-0.2, 0) is 13.1 Å². The van der Waals surface area contributed by atoms with Crippen LogP contribution in [0.5, 0.6) is 0 Å². The van der Waals surface area contributed by atoms with E-state index in [1.165, 1.54) is 24.2 Å². The molecule has 140 valence electrons. The number of piperazine rings is 1. The third-order valence-electron chi connectivity index (χ3n) is 5.91. The Morgan fingerprint density at radius 2 is 1.68 bits per heavy atom. The van der Waals surface area contributed by atoms with Gasteiger partial charge in [-0.2, -0.15) is 0 Å². The molecule has 5 nitrogen and oxygen atoms in total. The summed E-state index contributed by atoms with van der Waals surface area (Å²) in [6.07, 6.45) is 1.65. The van der Waals surface area contributed by atoms with Crippen molar-refractivity contribution in [3.05, 3.63) is 35.4 Å². The standard InChI is InChI=1S/C20H34N4O/c1-17(20(25)7-9-21-10-8-20)22-15-18-3-5-19(6-4-18)16-24-13-11-23(2)12-14-24/h3-6,17,21-22,25H,7-16H2,1-2H3. The third-order valence-corrected chi connectivity index (χ3v) is 5.91. The van der Waals surface area contributed by atoms with Gasteiger partial charge in [-0.25, -0.2) is 0 Å². The van der Waals surface area contributed by atoms with Crippen molar-refractivity contribution < 1.29 is 5.11 Å². The Morgan fingerprint density at radius 3 is 2.32 bits per heavy atom. The van der Waals surface area contributed by atoms with E-state index in [2.05, 4.69) is 58.7 Å². The highest BCUT2D eigenvalue weighted by Gasteiger charge is 2.34. The topological polar surface area (TPSA) is 50.8 Å². The normalized spacial score (nSPS) is 23.5. The number of hydrogen-bond acceptors (Lipinski definition) is 5. The molecule has 1 atom stereocenters. The minimum atomic E-state index is -0.577. The van der Waals surface area contributed by atoms with Crippen molar-refractivity contribution in [3.63, 3.8) is 0 Å². The predicted molar refractivity (Wildman–Crippen MR) is 103 cm³/mol. The first kappa shape index (κ1) is 18.8. The van der Waals surface area contributed by atoms with Crippen LogP contribution in [0.3, 0.4) is 0 Å². The quantitative estimate of drug-likeness (QED) is 0.718. The van der Waals surface area contributed by atoms with Crippen LogP contribution in [0.4, 0.5) is 0 Å². The van der Waals surface area contributed by atoms with Crippen molar-refractivity contribution in [2.45, 2.75) is 44.5 Å². The number of nitrogens with one attached hydrogen (secondary N) is 2. The lowest BCUT2D eigenvalue weighted by Gasteiger charge is -2.38. The molecule has 0 saturated carbocycles. The Bertz CT molecular complexity index is 519. The smallest absolute Gasteiger partial charge is 0.0821 e. The molecule has 2 aliphatic rings. The summed E-state index contributed by atoms with van der Waals surface area (Å²) in [5, 5.41) is 17.6. The molecular weight excluding hydrogens is 312 g/mol. The molecule has 0 amide bonds. The van der Waals surface area contributed by atoms with Gasteiger partial charge >= 0.3 is 0 Å². The van der Waals surface area contributed by atoms with Crippen LogP contribution in [0.2, 0.25) is 0 Å². The van der Waals surface area contributed by atoms with Crippen molar-refractivity contribution in [2.24, 2.45) is 0 Å². The molecule has 1 unspecified atom stereocenters. The first-order valence-electron chi connectivity index (χ1n) is 9.70. The summed E-state index contributed by atoms with van der Waals surface area (Å²) in [5.74, 6) is 0. The zero-order chi connectivity index (χ0) is 17.7. The van der Waals surface area contributed by atoms with Gasteiger partial charge in [-0.05, 0) is 51.0 Å². The molecule has 3 rings (SSSR count). The summed E-state index contributed by atoms with van der Waals surface area (Å²) in [6, 6.07) is 9.05. The van der Waals surface area contributed by atoms with Crippen molar-refractivity contribution >= 4 is 0 Å². The fourth-order valence-corrected chi connectivity index (χ4v) is 3.78. The Kier molecular flexibility index (Phi) is 6.47. The van der Waals surface area contributed by atoms with Crippen molar-refractivity contribution in [2.75, 3.05) is 46.3 Å². The maximum absolute atomic E-state index is 10.8. The first-order chi connectivity index (χ1) is 12.0. The fourth-order valence-electron chi connectivity index (χ4n) is 3.78. The lowest BCUT2D eigenvalue weighted by atomic mass is 9.86. The third kappa shape index (κ3) is 5.25. The van der Waals surface area contributed by atoms with Crippen molar-refractivity contribution in [1.29, 1.82) is 0 Å². The summed E-state index contributed by atoms with van der Waals surface area (Å²) < 4.78 is 0. The summed E-state index contributed by atoms with van der Waals surface area (Å²) >= 11 is 0. The van der Waals surface area contributed by atoms with Gasteiger partial charge in [-0.3, -0.25) is 4.90 Å². The Morgan fingerprint density at radius 1 is 1.08 bits per heavy atom. The van der Waals surface area contributed by atoms with Crippen LogP contribution in [-0.4, -0.2) is 72.9 Å². The molecule has 5 heteroatoms. The summed E-state index contributed by atoms with van der Waals surface area (Å²) in [6.45, 7) is 10.4. The lowest BCUT2D eigenvalue weighted by Crippen LogP contribution is -2.54. The maximum Gasteiger partial charge on any atom is 0.0821 e. The second-order valence-corrected chi connectivity index (χ2v) is 7.85. The largest absolute Gasteiger partial charge is 0.388 e. The summed E-state index contributed by atoms with van der Waals surface area (Å²) in [4.78, 5) is 4.92. The average molecular weight is 347 g/mol. The number of likely N-dealkylation sites (N-methyl/N-ethyl adjacent to an activating group) is 1. The molecule has 0 aromatic heterocycles. The van der Waals surface area contributed by atoms with Gasteiger partial charge in [-0.1, -0.05) is 24.3 Å².